The molecular weight excluding hydrogens is 465 g/mol. The van der Waals surface area contributed by atoms with Crippen LogP contribution in [0.15, 0.2) is 47.4 Å². The number of likely N-dealkylation sites (N-methyl/N-ethyl adjacent to an activating group) is 1. The number of carbonyl (C=O) groups excluding carboxylic acids is 2. The molecule has 0 bridgehead atoms. The first-order chi connectivity index (χ1) is 16.2. The Kier molecular flexibility index (Phi) is 6.76. The van der Waals surface area contributed by atoms with E-state index in [9.17, 15) is 22.4 Å². The fourth-order valence-corrected chi connectivity index (χ4v) is 5.33. The fourth-order valence-electron chi connectivity index (χ4n) is 4.25. The molecule has 2 aromatic rings. The summed E-state index contributed by atoms with van der Waals surface area (Å²) in [4.78, 5) is 26.4. The predicted molar refractivity (Wildman–Crippen MR) is 122 cm³/mol. The Labute approximate surface area is 197 Å². The normalized spacial score (nSPS) is 22.5. The van der Waals surface area contributed by atoms with Crippen molar-refractivity contribution in [1.82, 2.24) is 10.2 Å². The van der Waals surface area contributed by atoms with Crippen molar-refractivity contribution in [1.29, 1.82) is 0 Å². The summed E-state index contributed by atoms with van der Waals surface area (Å²) in [7, 11) is -0.816. The van der Waals surface area contributed by atoms with E-state index in [-0.39, 0.29) is 53.1 Å². The zero-order valence-electron chi connectivity index (χ0n) is 18.8. The van der Waals surface area contributed by atoms with Gasteiger partial charge in [0.15, 0.2) is 0 Å². The van der Waals surface area contributed by atoms with E-state index in [0.29, 0.717) is 18.6 Å². The molecule has 0 aromatic heterocycles. The maximum absolute atomic E-state index is 13.5. The number of nitrogens with one attached hydrogen (secondary N) is 2. The van der Waals surface area contributed by atoms with Crippen LogP contribution in [0.25, 0.3) is 0 Å². The minimum absolute atomic E-state index is 0.113. The lowest BCUT2D eigenvalue weighted by Crippen LogP contribution is -2.53. The molecule has 2 aromatic carbocycles. The Hall–Kier alpha value is -3.18. The monoisotopic (exact) mass is 491 g/mol. The van der Waals surface area contributed by atoms with Gasteiger partial charge in [0, 0.05) is 19.8 Å². The second-order valence-corrected chi connectivity index (χ2v) is 10.0. The van der Waals surface area contributed by atoms with Crippen molar-refractivity contribution in [2.45, 2.75) is 42.4 Å². The van der Waals surface area contributed by atoms with Gasteiger partial charge in [-0.05, 0) is 49.2 Å². The molecule has 34 heavy (non-hydrogen) atoms. The summed E-state index contributed by atoms with van der Waals surface area (Å²) in [6.07, 6.45) is 0.831. The second kappa shape index (κ2) is 9.59. The quantitative estimate of drug-likeness (QED) is 0.663. The molecule has 3 atom stereocenters. The molecule has 0 aliphatic carbocycles. The summed E-state index contributed by atoms with van der Waals surface area (Å²) in [5.74, 6) is -0.836. The van der Waals surface area contributed by atoms with E-state index in [0.717, 1.165) is 12.1 Å². The van der Waals surface area contributed by atoms with Crippen LogP contribution >= 0.6 is 0 Å². The molecule has 2 aliphatic heterocycles. The van der Waals surface area contributed by atoms with Crippen molar-refractivity contribution in [3.05, 3.63) is 53.8 Å². The Morgan fingerprint density at radius 2 is 2.00 bits per heavy atom. The molecule has 4 rings (SSSR count). The fraction of sp³-hybridized carbons (Fsp3) is 0.391. The molecule has 2 aliphatic rings. The third-order valence-electron chi connectivity index (χ3n) is 6.06. The zero-order chi connectivity index (χ0) is 24.5. The minimum Gasteiger partial charge on any atom is -0.490 e. The third-order valence-corrected chi connectivity index (χ3v) is 7.44. The van der Waals surface area contributed by atoms with Crippen LogP contribution in [0.5, 0.6) is 5.75 Å². The summed E-state index contributed by atoms with van der Waals surface area (Å²) in [5, 5.41) is 2.59. The summed E-state index contributed by atoms with van der Waals surface area (Å²) in [5.41, 5.74) is 0.351. The summed E-state index contributed by atoms with van der Waals surface area (Å²) in [6.45, 7) is 0.175. The first kappa shape index (κ1) is 24.0. The maximum atomic E-state index is 13.5. The average Bonchev–Trinajstić information content (AvgIpc) is 2.81. The minimum atomic E-state index is -4.06. The van der Waals surface area contributed by atoms with Gasteiger partial charge in [-0.15, -0.1) is 0 Å². The highest BCUT2D eigenvalue weighted by atomic mass is 32.2. The molecule has 0 unspecified atom stereocenters. The van der Waals surface area contributed by atoms with E-state index >= 15 is 0 Å². The number of ether oxygens (including phenoxy) is 2. The van der Waals surface area contributed by atoms with E-state index in [4.69, 9.17) is 9.47 Å². The summed E-state index contributed by atoms with van der Waals surface area (Å²) >= 11 is 0. The van der Waals surface area contributed by atoms with Crippen molar-refractivity contribution >= 4 is 27.5 Å². The van der Waals surface area contributed by atoms with Gasteiger partial charge in [0.05, 0.1) is 29.0 Å². The van der Waals surface area contributed by atoms with Crippen LogP contribution in [0.4, 0.5) is 10.1 Å². The number of hydrogen-bond donors (Lipinski definition) is 2. The Morgan fingerprint density at radius 1 is 1.21 bits per heavy atom. The summed E-state index contributed by atoms with van der Waals surface area (Å²) in [6, 6.07) is 8.78. The van der Waals surface area contributed by atoms with Gasteiger partial charge >= 0.3 is 0 Å². The molecule has 0 radical (unpaired) electrons. The average molecular weight is 492 g/mol. The zero-order valence-corrected chi connectivity index (χ0v) is 19.6. The van der Waals surface area contributed by atoms with Crippen LogP contribution in [-0.2, 0) is 19.6 Å². The van der Waals surface area contributed by atoms with Gasteiger partial charge in [-0.1, -0.05) is 6.07 Å². The van der Waals surface area contributed by atoms with Gasteiger partial charge in [-0.3, -0.25) is 14.3 Å². The number of rotatable bonds is 5. The topological polar surface area (TPSA) is 114 Å². The number of carbonyl (C=O) groups is 2. The highest BCUT2D eigenvalue weighted by Gasteiger charge is 2.39. The Balaban J connectivity index is 1.55. The smallest absolute Gasteiger partial charge is 0.261 e. The van der Waals surface area contributed by atoms with Crippen LogP contribution in [0.2, 0.25) is 0 Å². The maximum Gasteiger partial charge on any atom is 0.261 e. The van der Waals surface area contributed by atoms with Crippen molar-refractivity contribution in [2.24, 2.45) is 0 Å². The molecule has 0 spiro atoms. The number of nitrogens with zero attached hydrogens (tertiary/aromatic N) is 1. The predicted octanol–water partition coefficient (Wildman–Crippen LogP) is 2.14. The van der Waals surface area contributed by atoms with Crippen LogP contribution in [0.1, 0.15) is 29.6 Å². The van der Waals surface area contributed by atoms with Gasteiger partial charge in [-0.2, -0.15) is 0 Å². The molecule has 9 nitrogen and oxygen atoms in total. The molecule has 11 heteroatoms. The third kappa shape index (κ3) is 5.00. The van der Waals surface area contributed by atoms with Crippen molar-refractivity contribution in [3.8, 4) is 5.75 Å². The van der Waals surface area contributed by atoms with E-state index < -0.39 is 21.9 Å². The SMILES string of the molecule is CNC(=O)C[C@@H]1CC[C@@H]2[C@H](COc3ccc(NS(=O)(=O)c4cccc(F)c4)cc3C(=O)N2C)O1. The van der Waals surface area contributed by atoms with Crippen molar-refractivity contribution < 1.29 is 31.9 Å². The lowest BCUT2D eigenvalue weighted by Gasteiger charge is -2.42. The van der Waals surface area contributed by atoms with Crippen LogP contribution in [-0.4, -0.2) is 64.1 Å². The molecular formula is C23H26FN3O6S. The van der Waals surface area contributed by atoms with E-state index in [1.807, 2.05) is 0 Å². The van der Waals surface area contributed by atoms with Gasteiger partial charge in [0.2, 0.25) is 5.91 Å². The molecule has 182 valence electrons. The Bertz CT molecular complexity index is 1200. The van der Waals surface area contributed by atoms with Crippen molar-refractivity contribution in [2.75, 3.05) is 25.4 Å². The molecule has 1 saturated heterocycles. The van der Waals surface area contributed by atoms with Crippen LogP contribution in [0.3, 0.4) is 0 Å². The lowest BCUT2D eigenvalue weighted by atomic mass is 9.94. The molecule has 2 amide bonds. The van der Waals surface area contributed by atoms with Gasteiger partial charge in [0.1, 0.15) is 24.3 Å². The number of sulfonamides is 1. The molecule has 1 fully saturated rings. The molecule has 2 heterocycles. The first-order valence-electron chi connectivity index (χ1n) is 10.9. The van der Waals surface area contributed by atoms with Crippen LogP contribution < -0.4 is 14.8 Å². The van der Waals surface area contributed by atoms with Gasteiger partial charge in [-0.25, -0.2) is 12.8 Å². The van der Waals surface area contributed by atoms with Crippen molar-refractivity contribution in [3.63, 3.8) is 0 Å². The standard InChI is InChI=1S/C23H26FN3O6S/c1-25-22(28)12-16-7-8-19-21(33-16)13-32-20-9-6-15(11-18(20)23(29)27(19)2)26-34(30,31)17-5-3-4-14(24)10-17/h3-6,9-11,16,19,21,26H,7-8,12-13H2,1-2H3,(H,25,28)/t16-,19+,21-/m0/s1. The Morgan fingerprint density at radius 3 is 2.74 bits per heavy atom. The lowest BCUT2D eigenvalue weighted by molar-refractivity contribution is -0.133. The second-order valence-electron chi connectivity index (χ2n) is 8.32. The first-order valence-corrected chi connectivity index (χ1v) is 12.3. The number of halogens is 1. The highest BCUT2D eigenvalue weighted by Crippen LogP contribution is 2.33. The number of fused-ring (bicyclic) bond motifs is 2. The highest BCUT2D eigenvalue weighted by molar-refractivity contribution is 7.92. The molecule has 2 N–H and O–H groups in total. The van der Waals surface area contributed by atoms with Crippen LogP contribution in [0, 0.1) is 5.82 Å². The largest absolute Gasteiger partial charge is 0.490 e. The van der Waals surface area contributed by atoms with Gasteiger partial charge in [0.25, 0.3) is 15.9 Å². The number of benzene rings is 2. The number of hydrogen-bond acceptors (Lipinski definition) is 6. The van der Waals surface area contributed by atoms with E-state index in [2.05, 4.69) is 10.0 Å². The van der Waals surface area contributed by atoms with E-state index in [1.54, 1.807) is 19.0 Å². The molecule has 0 saturated carbocycles. The van der Waals surface area contributed by atoms with E-state index in [1.165, 1.54) is 30.3 Å². The van der Waals surface area contributed by atoms with Gasteiger partial charge < -0.3 is 19.7 Å². The summed E-state index contributed by atoms with van der Waals surface area (Å²) < 4.78 is 53.2. The number of anilines is 1. The number of amides is 2.